The number of halogens is 3. The maximum atomic E-state index is 12.9. The molecule has 2 atom stereocenters. The van der Waals surface area contributed by atoms with Crippen LogP contribution >= 0.6 is 0 Å². The molecule has 1 heterocycles. The topological polar surface area (TPSA) is 33.1 Å². The number of benzene rings is 1. The molecular weight excluding hydrogens is 267 g/mol. The second-order valence-corrected chi connectivity index (χ2v) is 4.57. The van der Waals surface area contributed by atoms with E-state index in [0.29, 0.717) is 5.69 Å². The third-order valence-electron chi connectivity index (χ3n) is 3.21. The zero-order valence-electron chi connectivity index (χ0n) is 10.8. The Bertz CT molecular complexity index is 569. The van der Waals surface area contributed by atoms with Gasteiger partial charge in [-0.3, -0.25) is 4.98 Å². The zero-order chi connectivity index (χ0) is 14.8. The van der Waals surface area contributed by atoms with Gasteiger partial charge in [0.2, 0.25) is 0 Å². The van der Waals surface area contributed by atoms with Crippen LogP contribution in [0.3, 0.4) is 0 Å². The van der Waals surface area contributed by atoms with Gasteiger partial charge in [-0.15, -0.1) is 0 Å². The number of aliphatic hydroxyl groups excluding tert-OH is 1. The summed E-state index contributed by atoms with van der Waals surface area (Å²) in [5.41, 5.74) is -0.384. The molecule has 1 aromatic carbocycles. The number of pyridine rings is 1. The van der Waals surface area contributed by atoms with Gasteiger partial charge in [-0.1, -0.05) is 31.2 Å². The molecule has 0 fully saturated rings. The summed E-state index contributed by atoms with van der Waals surface area (Å²) in [6.45, 7) is 1.65. The highest BCUT2D eigenvalue weighted by Gasteiger charge is 2.36. The summed E-state index contributed by atoms with van der Waals surface area (Å²) in [7, 11) is 0. The van der Waals surface area contributed by atoms with Crippen molar-refractivity contribution in [3.8, 4) is 0 Å². The Morgan fingerprint density at radius 2 is 1.70 bits per heavy atom. The fraction of sp³-hybridized carbons (Fsp3) is 0.267. The number of aromatic nitrogens is 1. The molecule has 0 aliphatic rings. The summed E-state index contributed by atoms with van der Waals surface area (Å²) in [4.78, 5) is 4.08. The van der Waals surface area contributed by atoms with E-state index in [2.05, 4.69) is 4.98 Å². The Balaban J connectivity index is 2.37. The molecule has 0 spiro atoms. The second kappa shape index (κ2) is 5.63. The van der Waals surface area contributed by atoms with Crippen molar-refractivity contribution in [1.82, 2.24) is 4.98 Å². The van der Waals surface area contributed by atoms with Gasteiger partial charge < -0.3 is 5.11 Å². The monoisotopic (exact) mass is 281 g/mol. The Labute approximate surface area is 114 Å². The van der Waals surface area contributed by atoms with E-state index in [4.69, 9.17) is 0 Å². The van der Waals surface area contributed by atoms with Gasteiger partial charge in [0.1, 0.15) is 0 Å². The van der Waals surface area contributed by atoms with Gasteiger partial charge in [0.05, 0.1) is 11.7 Å². The van der Waals surface area contributed by atoms with Gasteiger partial charge in [0.15, 0.2) is 0 Å². The third kappa shape index (κ3) is 2.99. The maximum Gasteiger partial charge on any atom is 0.416 e. The molecule has 0 aliphatic carbocycles. The van der Waals surface area contributed by atoms with Crippen LogP contribution in [-0.2, 0) is 6.18 Å². The van der Waals surface area contributed by atoms with E-state index in [-0.39, 0.29) is 5.56 Å². The Morgan fingerprint density at radius 1 is 1.05 bits per heavy atom. The highest BCUT2D eigenvalue weighted by molar-refractivity contribution is 5.33. The van der Waals surface area contributed by atoms with Crippen molar-refractivity contribution >= 4 is 0 Å². The predicted octanol–water partition coefficient (Wildman–Crippen LogP) is 3.94. The second-order valence-electron chi connectivity index (χ2n) is 4.57. The van der Waals surface area contributed by atoms with E-state index in [1.165, 1.54) is 18.2 Å². The van der Waals surface area contributed by atoms with E-state index < -0.39 is 23.8 Å². The number of hydrogen-bond acceptors (Lipinski definition) is 2. The summed E-state index contributed by atoms with van der Waals surface area (Å²) in [6, 6.07) is 10.2. The Morgan fingerprint density at radius 3 is 2.30 bits per heavy atom. The average Bonchev–Trinajstić information content (AvgIpc) is 2.46. The van der Waals surface area contributed by atoms with E-state index in [1.54, 1.807) is 31.3 Å². The van der Waals surface area contributed by atoms with E-state index in [9.17, 15) is 18.3 Å². The number of aliphatic hydroxyl groups is 1. The van der Waals surface area contributed by atoms with Crippen LogP contribution in [0, 0.1) is 0 Å². The van der Waals surface area contributed by atoms with Crippen LogP contribution in [0.5, 0.6) is 0 Å². The van der Waals surface area contributed by atoms with Gasteiger partial charge in [-0.25, -0.2) is 0 Å². The summed E-state index contributed by atoms with van der Waals surface area (Å²) < 4.78 is 38.8. The molecule has 0 aliphatic heterocycles. The molecule has 1 aromatic heterocycles. The minimum Gasteiger partial charge on any atom is -0.388 e. The fourth-order valence-corrected chi connectivity index (χ4v) is 2.09. The van der Waals surface area contributed by atoms with Gasteiger partial charge in [0.25, 0.3) is 0 Å². The molecule has 1 N–H and O–H groups in total. The summed E-state index contributed by atoms with van der Waals surface area (Å²) in [6.07, 6.45) is -4.20. The van der Waals surface area contributed by atoms with Crippen LogP contribution in [-0.4, -0.2) is 10.1 Å². The normalized spacial score (nSPS) is 14.8. The van der Waals surface area contributed by atoms with Crippen LogP contribution in [0.2, 0.25) is 0 Å². The molecule has 0 saturated carbocycles. The molecule has 2 aromatic rings. The number of alkyl halides is 3. The molecule has 106 valence electrons. The first-order valence-corrected chi connectivity index (χ1v) is 6.16. The van der Waals surface area contributed by atoms with Crippen molar-refractivity contribution in [2.24, 2.45) is 0 Å². The first-order chi connectivity index (χ1) is 9.41. The van der Waals surface area contributed by atoms with Crippen LogP contribution < -0.4 is 0 Å². The minimum atomic E-state index is -4.48. The third-order valence-corrected chi connectivity index (χ3v) is 3.21. The highest BCUT2D eigenvalue weighted by atomic mass is 19.4. The molecule has 2 unspecified atom stereocenters. The first-order valence-electron chi connectivity index (χ1n) is 6.16. The lowest BCUT2D eigenvalue weighted by Crippen LogP contribution is -2.16. The standard InChI is InChI=1S/C15H14F3NO/c1-10(13-8-4-5-9-19-13)14(20)11-6-2-3-7-12(11)15(16,17)18/h2-10,14,20H,1H3. The molecule has 0 amide bonds. The highest BCUT2D eigenvalue weighted by Crippen LogP contribution is 2.38. The lowest BCUT2D eigenvalue weighted by atomic mass is 9.91. The lowest BCUT2D eigenvalue weighted by molar-refractivity contribution is -0.139. The summed E-state index contributed by atoms with van der Waals surface area (Å²) in [5, 5.41) is 10.2. The Kier molecular flexibility index (Phi) is 4.09. The summed E-state index contributed by atoms with van der Waals surface area (Å²) >= 11 is 0. The molecule has 2 nitrogen and oxygen atoms in total. The number of rotatable bonds is 3. The fourth-order valence-electron chi connectivity index (χ4n) is 2.09. The van der Waals surface area contributed by atoms with Crippen molar-refractivity contribution in [3.63, 3.8) is 0 Å². The molecule has 2 rings (SSSR count). The maximum absolute atomic E-state index is 12.9. The lowest BCUT2D eigenvalue weighted by Gasteiger charge is -2.22. The zero-order valence-corrected chi connectivity index (χ0v) is 10.8. The molecule has 0 radical (unpaired) electrons. The number of nitrogens with zero attached hydrogens (tertiary/aromatic N) is 1. The Hall–Kier alpha value is -1.88. The van der Waals surface area contributed by atoms with Crippen molar-refractivity contribution < 1.29 is 18.3 Å². The van der Waals surface area contributed by atoms with Gasteiger partial charge >= 0.3 is 6.18 Å². The largest absolute Gasteiger partial charge is 0.416 e. The van der Waals surface area contributed by atoms with Crippen LogP contribution in [0.4, 0.5) is 13.2 Å². The van der Waals surface area contributed by atoms with Crippen LogP contribution in [0.25, 0.3) is 0 Å². The van der Waals surface area contributed by atoms with Crippen LogP contribution in [0.15, 0.2) is 48.7 Å². The number of hydrogen-bond donors (Lipinski definition) is 1. The van der Waals surface area contributed by atoms with Crippen LogP contribution in [0.1, 0.15) is 35.8 Å². The van der Waals surface area contributed by atoms with Crippen molar-refractivity contribution in [2.75, 3.05) is 0 Å². The minimum absolute atomic E-state index is 0.127. The SMILES string of the molecule is CC(c1ccccn1)C(O)c1ccccc1C(F)(F)F. The van der Waals surface area contributed by atoms with E-state index in [0.717, 1.165) is 6.07 Å². The summed E-state index contributed by atoms with van der Waals surface area (Å²) in [5.74, 6) is -0.528. The van der Waals surface area contributed by atoms with E-state index in [1.807, 2.05) is 0 Å². The van der Waals surface area contributed by atoms with Gasteiger partial charge in [-0.05, 0) is 23.8 Å². The van der Waals surface area contributed by atoms with Crippen molar-refractivity contribution in [1.29, 1.82) is 0 Å². The molecule has 20 heavy (non-hydrogen) atoms. The molecule has 5 heteroatoms. The van der Waals surface area contributed by atoms with E-state index >= 15 is 0 Å². The van der Waals surface area contributed by atoms with Crippen molar-refractivity contribution in [3.05, 3.63) is 65.5 Å². The molecule has 0 bridgehead atoms. The predicted molar refractivity (Wildman–Crippen MR) is 69.1 cm³/mol. The van der Waals surface area contributed by atoms with Gasteiger partial charge in [-0.2, -0.15) is 13.2 Å². The quantitative estimate of drug-likeness (QED) is 0.924. The first kappa shape index (κ1) is 14.5. The van der Waals surface area contributed by atoms with Crippen molar-refractivity contribution in [2.45, 2.75) is 25.1 Å². The smallest absolute Gasteiger partial charge is 0.388 e. The average molecular weight is 281 g/mol. The molecule has 0 saturated heterocycles. The van der Waals surface area contributed by atoms with Gasteiger partial charge in [0, 0.05) is 17.8 Å². The molecular formula is C15H14F3NO.